The fraction of sp³-hybridized carbons (Fsp3) is 0.400. The maximum Gasteiger partial charge on any atom is 0.259 e. The van der Waals surface area contributed by atoms with Crippen molar-refractivity contribution in [3.8, 4) is 17.7 Å². The first-order chi connectivity index (χ1) is 15.7. The number of carbonyl (C=O) groups is 2. The molecule has 3 atom stereocenters. The van der Waals surface area contributed by atoms with Gasteiger partial charge in [0.15, 0.2) is 0 Å². The molecule has 8 heteroatoms. The zero-order valence-electron chi connectivity index (χ0n) is 19.2. The number of aromatic nitrogens is 1. The molecule has 7 nitrogen and oxygen atoms in total. The number of hydrogen-bond donors (Lipinski definition) is 1. The van der Waals surface area contributed by atoms with Gasteiger partial charge < -0.3 is 19.6 Å². The number of rotatable bonds is 4. The Kier molecular flexibility index (Phi) is 7.67. The van der Waals surface area contributed by atoms with E-state index in [0.717, 1.165) is 0 Å². The zero-order chi connectivity index (χ0) is 24.1. The van der Waals surface area contributed by atoms with Gasteiger partial charge in [-0.05, 0) is 37.3 Å². The van der Waals surface area contributed by atoms with Crippen LogP contribution in [0.3, 0.4) is 0 Å². The fourth-order valence-electron chi connectivity index (χ4n) is 3.46. The number of pyridine rings is 1. The van der Waals surface area contributed by atoms with E-state index in [0.29, 0.717) is 24.2 Å². The molecule has 1 aromatic heterocycles. The zero-order valence-corrected chi connectivity index (χ0v) is 19.2. The Morgan fingerprint density at radius 1 is 1.33 bits per heavy atom. The summed E-state index contributed by atoms with van der Waals surface area (Å²) in [6.07, 6.45) is 1.11. The highest BCUT2D eigenvalue weighted by atomic mass is 19.1. The summed E-state index contributed by atoms with van der Waals surface area (Å²) in [7, 11) is 1.69. The Balaban J connectivity index is 1.99. The molecule has 1 aromatic carbocycles. The van der Waals surface area contributed by atoms with Crippen molar-refractivity contribution in [1.82, 2.24) is 14.8 Å². The van der Waals surface area contributed by atoms with Gasteiger partial charge in [-0.1, -0.05) is 18.8 Å². The summed E-state index contributed by atoms with van der Waals surface area (Å²) in [6.45, 7) is 5.69. The Bertz CT molecular complexity index is 1080. The average molecular weight is 454 g/mol. The molecular weight excluding hydrogens is 425 g/mol. The second-order valence-corrected chi connectivity index (χ2v) is 8.36. The quantitative estimate of drug-likeness (QED) is 0.719. The van der Waals surface area contributed by atoms with E-state index in [1.165, 1.54) is 25.3 Å². The minimum atomic E-state index is -0.411. The summed E-state index contributed by atoms with van der Waals surface area (Å²) >= 11 is 0. The summed E-state index contributed by atoms with van der Waals surface area (Å²) < 4.78 is 19.2. The minimum Gasteiger partial charge on any atom is -0.472 e. The average Bonchev–Trinajstić information content (AvgIpc) is 2.80. The highest BCUT2D eigenvalue weighted by Crippen LogP contribution is 2.27. The number of likely N-dealkylation sites (N-methyl/N-ethyl adjacent to an activating group) is 1. The third-order valence-corrected chi connectivity index (χ3v) is 5.71. The third kappa shape index (κ3) is 5.88. The molecule has 0 aliphatic carbocycles. The molecule has 1 aliphatic heterocycles. The van der Waals surface area contributed by atoms with E-state index in [1.807, 2.05) is 6.92 Å². The van der Waals surface area contributed by atoms with Gasteiger partial charge in [0.2, 0.25) is 11.8 Å². The lowest BCUT2D eigenvalue weighted by Crippen LogP contribution is -2.50. The van der Waals surface area contributed by atoms with Gasteiger partial charge in [-0.15, -0.1) is 0 Å². The predicted molar refractivity (Wildman–Crippen MR) is 121 cm³/mol. The molecule has 3 rings (SSSR count). The smallest absolute Gasteiger partial charge is 0.259 e. The molecule has 174 valence electrons. The topological polar surface area (TPSA) is 83.0 Å². The second-order valence-electron chi connectivity index (χ2n) is 8.36. The predicted octanol–water partition coefficient (Wildman–Crippen LogP) is 2.32. The number of carbonyl (C=O) groups excluding carboxylic acids is 2. The molecular formula is C25H28FN3O4. The molecule has 0 spiro atoms. The van der Waals surface area contributed by atoms with Gasteiger partial charge in [-0.2, -0.15) is 0 Å². The molecule has 1 aliphatic rings. The van der Waals surface area contributed by atoms with E-state index in [9.17, 15) is 19.1 Å². The van der Waals surface area contributed by atoms with E-state index in [2.05, 4.69) is 16.8 Å². The van der Waals surface area contributed by atoms with Gasteiger partial charge in [0.1, 0.15) is 17.5 Å². The largest absolute Gasteiger partial charge is 0.472 e. The van der Waals surface area contributed by atoms with E-state index < -0.39 is 12.1 Å². The van der Waals surface area contributed by atoms with Crippen molar-refractivity contribution in [2.24, 2.45) is 5.92 Å². The van der Waals surface area contributed by atoms with Crippen molar-refractivity contribution in [3.05, 3.63) is 59.0 Å². The second kappa shape index (κ2) is 10.5. The number of hydrogen-bond acceptors (Lipinski definition) is 5. The van der Waals surface area contributed by atoms with Crippen molar-refractivity contribution < 1.29 is 23.8 Å². The van der Waals surface area contributed by atoms with Crippen LogP contribution in [0, 0.1) is 23.6 Å². The van der Waals surface area contributed by atoms with Crippen LogP contribution in [-0.4, -0.2) is 70.6 Å². The molecule has 0 saturated carbocycles. The number of nitrogens with zero attached hydrogens (tertiary/aromatic N) is 3. The van der Waals surface area contributed by atoms with Crippen LogP contribution in [0.2, 0.25) is 0 Å². The minimum absolute atomic E-state index is 0.0934. The molecule has 0 bridgehead atoms. The van der Waals surface area contributed by atoms with Crippen LogP contribution < -0.4 is 4.74 Å². The highest BCUT2D eigenvalue weighted by Gasteiger charge is 2.34. The third-order valence-electron chi connectivity index (χ3n) is 5.71. The van der Waals surface area contributed by atoms with Gasteiger partial charge >= 0.3 is 0 Å². The maximum atomic E-state index is 13.4. The van der Waals surface area contributed by atoms with Crippen LogP contribution in [0.1, 0.15) is 42.3 Å². The van der Waals surface area contributed by atoms with Gasteiger partial charge in [0.25, 0.3) is 5.91 Å². The number of aliphatic hydroxyl groups is 1. The number of halogens is 1. The first-order valence-corrected chi connectivity index (χ1v) is 10.8. The molecule has 0 unspecified atom stereocenters. The number of amides is 2. The summed E-state index contributed by atoms with van der Waals surface area (Å²) in [5, 5.41) is 9.73. The Morgan fingerprint density at radius 2 is 2.00 bits per heavy atom. The lowest BCUT2D eigenvalue weighted by Gasteiger charge is -2.37. The van der Waals surface area contributed by atoms with Crippen LogP contribution in [0.15, 0.2) is 36.5 Å². The molecule has 2 heterocycles. The van der Waals surface area contributed by atoms with Crippen LogP contribution in [-0.2, 0) is 4.79 Å². The van der Waals surface area contributed by atoms with Crippen molar-refractivity contribution in [2.45, 2.75) is 32.9 Å². The monoisotopic (exact) mass is 453 g/mol. The Morgan fingerprint density at radius 3 is 2.64 bits per heavy atom. The first kappa shape index (κ1) is 24.2. The van der Waals surface area contributed by atoms with E-state index in [4.69, 9.17) is 4.74 Å². The number of fused-ring (bicyclic) bond motifs is 1. The highest BCUT2D eigenvalue weighted by molar-refractivity contribution is 5.97. The van der Waals surface area contributed by atoms with Crippen LogP contribution in [0.5, 0.6) is 5.88 Å². The van der Waals surface area contributed by atoms with E-state index >= 15 is 0 Å². The van der Waals surface area contributed by atoms with E-state index in [-0.39, 0.29) is 41.6 Å². The molecule has 0 radical (unpaired) electrons. The van der Waals surface area contributed by atoms with Crippen molar-refractivity contribution in [3.63, 3.8) is 0 Å². The summed E-state index contributed by atoms with van der Waals surface area (Å²) in [5.74, 6) is 5.18. The molecule has 0 saturated heterocycles. The van der Waals surface area contributed by atoms with Crippen molar-refractivity contribution in [2.75, 3.05) is 26.7 Å². The van der Waals surface area contributed by atoms with E-state index in [1.54, 1.807) is 42.0 Å². The SMILES string of the molecule is CC(=O)N(C)C[C@H]1Oc2ncc(C#Cc3ccc(F)cc3)cc2C(=O)N([C@@H](C)CO)C[C@@H]1C. The molecule has 2 aromatic rings. The summed E-state index contributed by atoms with van der Waals surface area (Å²) in [4.78, 5) is 32.7. The summed E-state index contributed by atoms with van der Waals surface area (Å²) in [6, 6.07) is 6.99. The number of ether oxygens (including phenoxy) is 1. The fourth-order valence-corrected chi connectivity index (χ4v) is 3.46. The summed E-state index contributed by atoms with van der Waals surface area (Å²) in [5.41, 5.74) is 1.36. The standard InChI is InChI=1S/C25H28FN3O4/c1-16-13-29(17(2)15-30)25(32)22-11-20(6-5-19-7-9-21(26)10-8-19)12-27-24(22)33-23(16)14-28(4)18(3)31/h7-12,16-17,23,30H,13-15H2,1-4H3/t16-,17-,23+/m0/s1. The first-order valence-electron chi connectivity index (χ1n) is 10.8. The lowest BCUT2D eigenvalue weighted by molar-refractivity contribution is -0.129. The van der Waals surface area contributed by atoms with Crippen LogP contribution in [0.4, 0.5) is 4.39 Å². The Hall–Kier alpha value is -3.44. The normalized spacial score (nSPS) is 18.7. The van der Waals surface area contributed by atoms with Gasteiger partial charge in [-0.25, -0.2) is 9.37 Å². The van der Waals surface area contributed by atoms with Gasteiger partial charge in [-0.3, -0.25) is 9.59 Å². The molecule has 33 heavy (non-hydrogen) atoms. The lowest BCUT2D eigenvalue weighted by atomic mass is 10.00. The van der Waals surface area contributed by atoms with Gasteiger partial charge in [0, 0.05) is 43.8 Å². The van der Waals surface area contributed by atoms with Crippen LogP contribution in [0.25, 0.3) is 0 Å². The molecule has 2 amide bonds. The van der Waals surface area contributed by atoms with Crippen molar-refractivity contribution in [1.29, 1.82) is 0 Å². The number of aliphatic hydroxyl groups excluding tert-OH is 1. The van der Waals surface area contributed by atoms with Gasteiger partial charge in [0.05, 0.1) is 19.2 Å². The number of benzene rings is 1. The van der Waals surface area contributed by atoms with Crippen molar-refractivity contribution >= 4 is 11.8 Å². The molecule has 0 fully saturated rings. The Labute approximate surface area is 193 Å². The molecule has 1 N–H and O–H groups in total. The van der Waals surface area contributed by atoms with Crippen LogP contribution >= 0.6 is 0 Å². The maximum absolute atomic E-state index is 13.4.